The molecular weight excluding hydrogens is 605 g/mol. The van der Waals surface area contributed by atoms with Gasteiger partial charge in [-0.2, -0.15) is 0 Å². The Morgan fingerprint density at radius 2 is 1.58 bits per heavy atom. The van der Waals surface area contributed by atoms with Crippen LogP contribution in [0.25, 0.3) is 10.8 Å². The summed E-state index contributed by atoms with van der Waals surface area (Å²) in [6, 6.07) is 26.8. The number of rotatable bonds is 10. The fourth-order valence-electron chi connectivity index (χ4n) is 7.11. The third kappa shape index (κ3) is 7.58. The van der Waals surface area contributed by atoms with Gasteiger partial charge in [0.1, 0.15) is 11.9 Å². The first kappa shape index (κ1) is 33.3. The van der Waals surface area contributed by atoms with Gasteiger partial charge in [-0.05, 0) is 64.4 Å². The monoisotopic (exact) mass is 649 g/mol. The fraction of sp³-hybridized carbons (Fsp3) is 0.359. The van der Waals surface area contributed by atoms with Crippen LogP contribution in [0.5, 0.6) is 0 Å². The van der Waals surface area contributed by atoms with Gasteiger partial charge >= 0.3 is 0 Å². The number of carbonyl (C=O) groups excluding carboxylic acids is 3. The number of hydrogen-bond donors (Lipinski definition) is 3. The molecule has 3 amide bonds. The number of nitrogens with one attached hydrogen (secondary N) is 3. The molecule has 1 saturated heterocycles. The summed E-state index contributed by atoms with van der Waals surface area (Å²) in [6.45, 7) is 4.10. The van der Waals surface area contributed by atoms with E-state index in [1.54, 1.807) is 19.2 Å². The molecule has 0 radical (unpaired) electrons. The summed E-state index contributed by atoms with van der Waals surface area (Å²) in [6.07, 6.45) is 2.02. The van der Waals surface area contributed by atoms with E-state index in [0.717, 1.165) is 27.5 Å². The molecule has 4 atom stereocenters. The third-order valence-corrected chi connectivity index (χ3v) is 9.87. The summed E-state index contributed by atoms with van der Waals surface area (Å²) >= 11 is 0. The Hall–Kier alpha value is -4.60. The summed E-state index contributed by atoms with van der Waals surface area (Å²) in [7, 11) is 1.66. The zero-order chi connectivity index (χ0) is 33.6. The zero-order valence-corrected chi connectivity index (χ0v) is 27.6. The number of nitrogens with zero attached hydrogens (tertiary/aromatic N) is 2. The molecule has 250 valence electrons. The van der Waals surface area contributed by atoms with Gasteiger partial charge in [0, 0.05) is 45.7 Å². The number of benzene rings is 4. The minimum Gasteiger partial charge on any atom is -0.358 e. The predicted molar refractivity (Wildman–Crippen MR) is 186 cm³/mol. The molecule has 4 aromatic rings. The van der Waals surface area contributed by atoms with Crippen molar-refractivity contribution in [1.82, 2.24) is 25.8 Å². The number of fused-ring (bicyclic) bond motifs is 2. The second-order valence-corrected chi connectivity index (χ2v) is 12.9. The highest BCUT2D eigenvalue weighted by atomic mass is 19.1. The summed E-state index contributed by atoms with van der Waals surface area (Å²) in [4.78, 5) is 45.3. The maximum Gasteiger partial charge on any atom is 0.245 e. The van der Waals surface area contributed by atoms with Crippen molar-refractivity contribution in [2.75, 3.05) is 26.7 Å². The fourth-order valence-corrected chi connectivity index (χ4v) is 7.11. The number of amides is 3. The molecule has 6 rings (SSSR count). The summed E-state index contributed by atoms with van der Waals surface area (Å²) in [5.74, 6) is -0.804. The van der Waals surface area contributed by atoms with Crippen molar-refractivity contribution < 1.29 is 18.8 Å². The number of hydrogen-bond acceptors (Lipinski definition) is 5. The molecule has 0 bridgehead atoms. The molecule has 4 aromatic carbocycles. The van der Waals surface area contributed by atoms with Crippen molar-refractivity contribution in [1.29, 1.82) is 0 Å². The van der Waals surface area contributed by atoms with Crippen molar-refractivity contribution >= 4 is 28.5 Å². The highest BCUT2D eigenvalue weighted by Crippen LogP contribution is 2.23. The Morgan fingerprint density at radius 1 is 0.875 bits per heavy atom. The van der Waals surface area contributed by atoms with Crippen molar-refractivity contribution in [2.45, 2.75) is 63.3 Å². The molecule has 0 spiro atoms. The lowest BCUT2D eigenvalue weighted by Gasteiger charge is -2.45. The Bertz CT molecular complexity index is 1760. The van der Waals surface area contributed by atoms with Crippen LogP contribution in [-0.2, 0) is 40.2 Å². The van der Waals surface area contributed by atoms with Gasteiger partial charge in [-0.1, -0.05) is 85.8 Å². The van der Waals surface area contributed by atoms with E-state index in [1.165, 1.54) is 17.7 Å². The van der Waals surface area contributed by atoms with Crippen LogP contribution < -0.4 is 16.0 Å². The highest BCUT2D eigenvalue weighted by molar-refractivity contribution is 5.91. The number of likely N-dealkylation sites (N-methyl/N-ethyl adjacent to an activating group) is 1. The van der Waals surface area contributed by atoms with Crippen molar-refractivity contribution in [3.8, 4) is 0 Å². The van der Waals surface area contributed by atoms with Gasteiger partial charge in [-0.15, -0.1) is 0 Å². The first-order valence-electron chi connectivity index (χ1n) is 16.9. The van der Waals surface area contributed by atoms with E-state index in [0.29, 0.717) is 45.4 Å². The van der Waals surface area contributed by atoms with Crippen LogP contribution in [0, 0.1) is 5.82 Å². The SMILES string of the molecule is CCC1CN(C(Cc2ccc3ccccc3c2)C(=O)NC)CCN1C(=O)C(Cc1ccc(F)cc1)NC(=O)C1Cc2ccccc2CN1. The minimum absolute atomic E-state index is 0.0548. The molecule has 2 aliphatic heterocycles. The van der Waals surface area contributed by atoms with Crippen LogP contribution >= 0.6 is 0 Å². The molecule has 0 saturated carbocycles. The molecule has 8 nitrogen and oxygen atoms in total. The highest BCUT2D eigenvalue weighted by Gasteiger charge is 2.38. The van der Waals surface area contributed by atoms with E-state index in [2.05, 4.69) is 57.2 Å². The topological polar surface area (TPSA) is 93.8 Å². The lowest BCUT2D eigenvalue weighted by Crippen LogP contribution is -2.63. The van der Waals surface area contributed by atoms with Gasteiger partial charge in [0.2, 0.25) is 17.7 Å². The molecule has 2 heterocycles. The lowest BCUT2D eigenvalue weighted by molar-refractivity contribution is -0.142. The number of piperazine rings is 1. The minimum atomic E-state index is -0.824. The molecule has 48 heavy (non-hydrogen) atoms. The van der Waals surface area contributed by atoms with Crippen LogP contribution in [0.3, 0.4) is 0 Å². The number of carbonyl (C=O) groups is 3. The molecule has 9 heteroatoms. The third-order valence-electron chi connectivity index (χ3n) is 9.87. The molecule has 1 fully saturated rings. The van der Waals surface area contributed by atoms with Crippen LogP contribution in [0.1, 0.15) is 35.6 Å². The van der Waals surface area contributed by atoms with Gasteiger partial charge in [0.15, 0.2) is 0 Å². The largest absolute Gasteiger partial charge is 0.358 e. The van der Waals surface area contributed by atoms with Gasteiger partial charge in [0.25, 0.3) is 0 Å². The van der Waals surface area contributed by atoms with E-state index in [1.807, 2.05) is 42.2 Å². The van der Waals surface area contributed by atoms with Crippen molar-refractivity contribution in [2.24, 2.45) is 0 Å². The summed E-state index contributed by atoms with van der Waals surface area (Å²) < 4.78 is 13.7. The lowest BCUT2D eigenvalue weighted by atomic mass is 9.95. The first-order valence-corrected chi connectivity index (χ1v) is 16.9. The summed E-state index contributed by atoms with van der Waals surface area (Å²) in [5.41, 5.74) is 4.13. The Labute approximate surface area is 281 Å². The van der Waals surface area contributed by atoms with E-state index in [-0.39, 0.29) is 36.0 Å². The van der Waals surface area contributed by atoms with E-state index in [4.69, 9.17) is 0 Å². The average Bonchev–Trinajstić information content (AvgIpc) is 3.13. The predicted octanol–water partition coefficient (Wildman–Crippen LogP) is 4.00. The number of halogens is 1. The smallest absolute Gasteiger partial charge is 0.245 e. The quantitative estimate of drug-likeness (QED) is 0.242. The second kappa shape index (κ2) is 15.1. The van der Waals surface area contributed by atoms with Crippen LogP contribution in [0.15, 0.2) is 91.0 Å². The normalized spacial score (nSPS) is 19.3. The molecule has 0 aromatic heterocycles. The molecule has 4 unspecified atom stereocenters. The standard InChI is InChI=1S/C39H44FN5O3/c1-3-33-25-44(36(38(47)41-2)22-27-12-15-28-8-4-5-9-29(28)20-27)18-19-45(33)39(48)35(21-26-13-16-32(40)17-14-26)43-37(46)34-23-30-10-6-7-11-31(30)24-42-34/h4-17,20,33-36,42H,3,18-19,21-25H2,1-2H3,(H,41,47)(H,43,46). The maximum atomic E-state index is 14.4. The van der Waals surface area contributed by atoms with E-state index >= 15 is 0 Å². The van der Waals surface area contributed by atoms with Crippen molar-refractivity contribution in [3.05, 3.63) is 119 Å². The molecular formula is C39H44FN5O3. The Morgan fingerprint density at radius 3 is 2.33 bits per heavy atom. The van der Waals surface area contributed by atoms with Gasteiger partial charge in [-0.3, -0.25) is 19.3 Å². The first-order chi connectivity index (χ1) is 23.3. The molecule has 3 N–H and O–H groups in total. The Kier molecular flexibility index (Phi) is 10.5. The summed E-state index contributed by atoms with van der Waals surface area (Å²) in [5, 5.41) is 11.5. The van der Waals surface area contributed by atoms with E-state index in [9.17, 15) is 18.8 Å². The second-order valence-electron chi connectivity index (χ2n) is 12.9. The van der Waals surface area contributed by atoms with Gasteiger partial charge in [-0.25, -0.2) is 4.39 Å². The van der Waals surface area contributed by atoms with Crippen LogP contribution in [0.2, 0.25) is 0 Å². The zero-order valence-electron chi connectivity index (χ0n) is 27.6. The van der Waals surface area contributed by atoms with E-state index < -0.39 is 18.1 Å². The van der Waals surface area contributed by atoms with Crippen LogP contribution in [0.4, 0.5) is 4.39 Å². The van der Waals surface area contributed by atoms with Crippen LogP contribution in [-0.4, -0.2) is 78.4 Å². The average molecular weight is 650 g/mol. The maximum absolute atomic E-state index is 14.4. The Balaban J connectivity index is 1.18. The molecule has 0 aliphatic carbocycles. The van der Waals surface area contributed by atoms with Gasteiger partial charge < -0.3 is 20.9 Å². The van der Waals surface area contributed by atoms with Crippen molar-refractivity contribution in [3.63, 3.8) is 0 Å². The molecule has 2 aliphatic rings. The van der Waals surface area contributed by atoms with Gasteiger partial charge in [0.05, 0.1) is 12.1 Å².